The van der Waals surface area contributed by atoms with Crippen LogP contribution in [0.4, 0.5) is 10.5 Å². The van der Waals surface area contributed by atoms with Crippen molar-refractivity contribution >= 4 is 52.2 Å². The fourth-order valence-electron chi connectivity index (χ4n) is 4.30. The molecule has 0 bridgehead atoms. The number of thiazole rings is 1. The Balaban J connectivity index is 1.20. The number of piperidine rings is 1. The molecule has 10 heteroatoms. The molecule has 1 aromatic heterocycles. The average molecular weight is 561 g/mol. The highest BCUT2D eigenvalue weighted by Crippen LogP contribution is 2.26. The van der Waals surface area contributed by atoms with Crippen molar-refractivity contribution in [3.05, 3.63) is 68.5 Å². The van der Waals surface area contributed by atoms with Crippen molar-refractivity contribution in [2.24, 2.45) is 0 Å². The van der Waals surface area contributed by atoms with Gasteiger partial charge in [-0.3, -0.25) is 9.69 Å². The molecule has 2 heterocycles. The summed E-state index contributed by atoms with van der Waals surface area (Å²) < 4.78 is 0. The molecule has 0 atom stereocenters. The van der Waals surface area contributed by atoms with E-state index in [1.54, 1.807) is 11.3 Å². The Bertz CT molecular complexity index is 1230. The van der Waals surface area contributed by atoms with Gasteiger partial charge in [0.15, 0.2) is 0 Å². The van der Waals surface area contributed by atoms with E-state index in [0.29, 0.717) is 35.1 Å². The minimum Gasteiger partial charge on any atom is -0.353 e. The number of benzene rings is 2. The molecule has 7 nitrogen and oxygen atoms in total. The lowest BCUT2D eigenvalue weighted by atomic mass is 10.0. The summed E-state index contributed by atoms with van der Waals surface area (Å²) in [6, 6.07) is 13.3. The maximum Gasteiger partial charge on any atom is 0.319 e. The van der Waals surface area contributed by atoms with E-state index in [1.807, 2.05) is 54.8 Å². The number of amides is 3. The number of rotatable bonds is 9. The van der Waals surface area contributed by atoms with Gasteiger partial charge in [0.1, 0.15) is 0 Å². The zero-order valence-electron chi connectivity index (χ0n) is 20.7. The van der Waals surface area contributed by atoms with Crippen LogP contribution in [0.25, 0.3) is 11.3 Å². The molecular weight excluding hydrogens is 529 g/mol. The summed E-state index contributed by atoms with van der Waals surface area (Å²) in [7, 11) is 0. The summed E-state index contributed by atoms with van der Waals surface area (Å²) in [5.74, 6) is 0.0628. The van der Waals surface area contributed by atoms with Gasteiger partial charge in [-0.05, 0) is 49.6 Å². The van der Waals surface area contributed by atoms with Crippen molar-refractivity contribution < 1.29 is 9.59 Å². The SMILES string of the molecule is CCNC(=O)Nc1cccc(-c2csc(CCC(=O)NC3CCN(Cc4ccc(Cl)c(Cl)c4)CC3)n2)c1. The number of nitrogens with zero attached hydrogens (tertiary/aromatic N) is 2. The zero-order chi connectivity index (χ0) is 26.2. The molecule has 3 aromatic rings. The van der Waals surface area contributed by atoms with E-state index in [1.165, 1.54) is 0 Å². The van der Waals surface area contributed by atoms with E-state index in [0.717, 1.165) is 54.3 Å². The molecule has 196 valence electrons. The topological polar surface area (TPSA) is 86.4 Å². The molecule has 4 rings (SSSR count). The lowest BCUT2D eigenvalue weighted by molar-refractivity contribution is -0.122. The van der Waals surface area contributed by atoms with Crippen LogP contribution in [-0.2, 0) is 17.8 Å². The zero-order valence-corrected chi connectivity index (χ0v) is 23.1. The fraction of sp³-hybridized carbons (Fsp3) is 0.370. The molecule has 1 aliphatic heterocycles. The van der Waals surface area contributed by atoms with Crippen molar-refractivity contribution in [3.63, 3.8) is 0 Å². The Morgan fingerprint density at radius 3 is 2.68 bits per heavy atom. The molecule has 0 spiro atoms. The molecule has 1 aliphatic rings. The largest absolute Gasteiger partial charge is 0.353 e. The van der Waals surface area contributed by atoms with E-state index >= 15 is 0 Å². The summed E-state index contributed by atoms with van der Waals surface area (Å²) in [5, 5.41) is 12.8. The van der Waals surface area contributed by atoms with Crippen LogP contribution in [0.1, 0.15) is 36.8 Å². The van der Waals surface area contributed by atoms with Gasteiger partial charge in [-0.15, -0.1) is 11.3 Å². The molecular formula is C27H31Cl2N5O2S. The summed E-state index contributed by atoms with van der Waals surface area (Å²) in [4.78, 5) is 31.4. The number of aryl methyl sites for hydroxylation is 1. The Labute approximate surface area is 231 Å². The van der Waals surface area contributed by atoms with Crippen LogP contribution in [-0.4, -0.2) is 47.5 Å². The van der Waals surface area contributed by atoms with E-state index in [9.17, 15) is 9.59 Å². The van der Waals surface area contributed by atoms with Gasteiger partial charge in [0.2, 0.25) is 5.91 Å². The molecule has 37 heavy (non-hydrogen) atoms. The molecule has 2 aromatic carbocycles. The van der Waals surface area contributed by atoms with Crippen LogP contribution in [0.5, 0.6) is 0 Å². The Morgan fingerprint density at radius 1 is 1.11 bits per heavy atom. The third-order valence-electron chi connectivity index (χ3n) is 6.21. The molecule has 0 aliphatic carbocycles. The minimum absolute atomic E-state index is 0.0628. The van der Waals surface area contributed by atoms with Crippen molar-refractivity contribution in [2.45, 2.75) is 45.2 Å². The van der Waals surface area contributed by atoms with Crippen LogP contribution < -0.4 is 16.0 Å². The summed E-state index contributed by atoms with van der Waals surface area (Å²) in [6.07, 6.45) is 2.86. The van der Waals surface area contributed by atoms with Crippen molar-refractivity contribution in [1.82, 2.24) is 20.5 Å². The number of nitrogens with one attached hydrogen (secondary N) is 3. The molecule has 1 saturated heterocycles. The standard InChI is InChI=1S/C27H31Cl2N5O2S/c1-2-30-27(36)32-21-5-3-4-19(15-21)24-17-37-26(33-24)9-8-25(35)31-20-10-12-34(13-11-20)16-18-6-7-22(28)23(29)14-18/h3-7,14-15,17,20H,2,8-13,16H2,1H3,(H,31,35)(H2,30,32,36). The first-order valence-corrected chi connectivity index (χ1v) is 14.1. The second-order valence-corrected chi connectivity index (χ2v) is 10.8. The van der Waals surface area contributed by atoms with E-state index in [4.69, 9.17) is 28.2 Å². The van der Waals surface area contributed by atoms with Crippen LogP contribution in [0.15, 0.2) is 47.8 Å². The quantitative estimate of drug-likeness (QED) is 0.301. The third kappa shape index (κ3) is 8.17. The van der Waals surface area contributed by atoms with Crippen LogP contribution in [0.3, 0.4) is 0 Å². The number of aromatic nitrogens is 1. The molecule has 1 fully saturated rings. The maximum absolute atomic E-state index is 12.6. The van der Waals surface area contributed by atoms with Gasteiger partial charge in [0.05, 0.1) is 20.7 Å². The Morgan fingerprint density at radius 2 is 1.92 bits per heavy atom. The number of carbonyl (C=O) groups is 2. The number of carbonyl (C=O) groups excluding carboxylic acids is 2. The van der Waals surface area contributed by atoms with E-state index in [2.05, 4.69) is 20.9 Å². The number of hydrogen-bond acceptors (Lipinski definition) is 5. The molecule has 3 amide bonds. The lowest BCUT2D eigenvalue weighted by Crippen LogP contribution is -2.44. The summed E-state index contributed by atoms with van der Waals surface area (Å²) in [5.41, 5.74) is 3.62. The predicted octanol–water partition coefficient (Wildman–Crippen LogP) is 5.97. The van der Waals surface area contributed by atoms with Gasteiger partial charge in [-0.2, -0.15) is 0 Å². The molecule has 0 unspecified atom stereocenters. The van der Waals surface area contributed by atoms with Gasteiger partial charge in [0.25, 0.3) is 0 Å². The molecule has 3 N–H and O–H groups in total. The summed E-state index contributed by atoms with van der Waals surface area (Å²) >= 11 is 13.7. The van der Waals surface area contributed by atoms with Crippen LogP contribution in [0.2, 0.25) is 10.0 Å². The molecule has 0 saturated carbocycles. The van der Waals surface area contributed by atoms with Gasteiger partial charge < -0.3 is 16.0 Å². The second kappa shape index (κ2) is 13.2. The van der Waals surface area contributed by atoms with Gasteiger partial charge in [0, 0.05) is 61.7 Å². The van der Waals surface area contributed by atoms with Gasteiger partial charge >= 0.3 is 6.03 Å². The minimum atomic E-state index is -0.234. The Hall–Kier alpha value is -2.65. The molecule has 0 radical (unpaired) electrons. The highest BCUT2D eigenvalue weighted by atomic mass is 35.5. The summed E-state index contributed by atoms with van der Waals surface area (Å²) in [6.45, 7) is 5.11. The second-order valence-electron chi connectivity index (χ2n) is 9.06. The maximum atomic E-state index is 12.6. The highest BCUT2D eigenvalue weighted by molar-refractivity contribution is 7.09. The van der Waals surface area contributed by atoms with Gasteiger partial charge in [-0.1, -0.05) is 41.4 Å². The lowest BCUT2D eigenvalue weighted by Gasteiger charge is -2.32. The first kappa shape index (κ1) is 27.4. The van der Waals surface area contributed by atoms with Crippen molar-refractivity contribution in [1.29, 1.82) is 0 Å². The number of hydrogen-bond donors (Lipinski definition) is 3. The number of anilines is 1. The monoisotopic (exact) mass is 559 g/mol. The van der Waals surface area contributed by atoms with E-state index < -0.39 is 0 Å². The number of halogens is 2. The normalized spacial score (nSPS) is 14.4. The van der Waals surface area contributed by atoms with Crippen molar-refractivity contribution in [2.75, 3.05) is 25.0 Å². The van der Waals surface area contributed by atoms with E-state index in [-0.39, 0.29) is 18.0 Å². The van der Waals surface area contributed by atoms with Crippen LogP contribution in [0, 0.1) is 0 Å². The third-order valence-corrected chi connectivity index (χ3v) is 7.86. The first-order valence-electron chi connectivity index (χ1n) is 12.4. The predicted molar refractivity (Wildman–Crippen MR) is 151 cm³/mol. The fourth-order valence-corrected chi connectivity index (χ4v) is 5.43. The van der Waals surface area contributed by atoms with Crippen LogP contribution >= 0.6 is 34.5 Å². The Kier molecular flexibility index (Phi) is 9.80. The first-order chi connectivity index (χ1) is 17.9. The van der Waals surface area contributed by atoms with Gasteiger partial charge in [-0.25, -0.2) is 9.78 Å². The smallest absolute Gasteiger partial charge is 0.319 e. The number of urea groups is 1. The highest BCUT2D eigenvalue weighted by Gasteiger charge is 2.21. The van der Waals surface area contributed by atoms with Crippen molar-refractivity contribution in [3.8, 4) is 11.3 Å². The number of likely N-dealkylation sites (tertiary alicyclic amines) is 1. The average Bonchev–Trinajstić information content (AvgIpc) is 3.36.